The molecule has 90 valence electrons. The Morgan fingerprint density at radius 3 is 2.88 bits per heavy atom. The second-order valence-electron chi connectivity index (χ2n) is 4.06. The maximum Gasteiger partial charge on any atom is 0.243 e. The first kappa shape index (κ1) is 11.6. The van der Waals surface area contributed by atoms with Gasteiger partial charge in [0, 0.05) is 25.3 Å². The fourth-order valence-electron chi connectivity index (χ4n) is 1.98. The van der Waals surface area contributed by atoms with Crippen LogP contribution in [0.25, 0.3) is 0 Å². The number of hydrogen-bond acceptors (Lipinski definition) is 4. The van der Waals surface area contributed by atoms with E-state index in [-0.39, 0.29) is 11.9 Å². The average Bonchev–Trinajstić information content (AvgIpc) is 2.40. The molecule has 0 aromatic carbocycles. The van der Waals surface area contributed by atoms with Crippen molar-refractivity contribution in [2.45, 2.75) is 18.9 Å². The summed E-state index contributed by atoms with van der Waals surface area (Å²) in [4.78, 5) is 13.4. The number of aromatic nitrogens is 2. The van der Waals surface area contributed by atoms with Crippen LogP contribution in [0.5, 0.6) is 0 Å². The molecule has 1 aliphatic heterocycles. The second kappa shape index (κ2) is 5.43. The first-order chi connectivity index (χ1) is 8.29. The number of nitrogens with one attached hydrogen (secondary N) is 1. The largest absolute Gasteiger partial charge is 0.355 e. The molecule has 0 spiro atoms. The summed E-state index contributed by atoms with van der Waals surface area (Å²) in [6, 6.07) is 4.08. The summed E-state index contributed by atoms with van der Waals surface area (Å²) in [6.45, 7) is 5.23. The summed E-state index contributed by atoms with van der Waals surface area (Å²) in [5.74, 6) is 0.809. The van der Waals surface area contributed by atoms with Gasteiger partial charge in [-0.1, -0.05) is 6.58 Å². The zero-order valence-corrected chi connectivity index (χ0v) is 9.67. The summed E-state index contributed by atoms with van der Waals surface area (Å²) >= 11 is 0. The fourth-order valence-corrected chi connectivity index (χ4v) is 1.98. The van der Waals surface area contributed by atoms with E-state index < -0.39 is 0 Å². The van der Waals surface area contributed by atoms with E-state index in [1.807, 2.05) is 12.1 Å². The van der Waals surface area contributed by atoms with Crippen LogP contribution in [0.2, 0.25) is 0 Å². The summed E-state index contributed by atoms with van der Waals surface area (Å²) < 4.78 is 0. The van der Waals surface area contributed by atoms with E-state index in [9.17, 15) is 4.79 Å². The zero-order chi connectivity index (χ0) is 12.1. The number of carbonyl (C=O) groups excluding carboxylic acids is 1. The van der Waals surface area contributed by atoms with Crippen LogP contribution >= 0.6 is 0 Å². The second-order valence-corrected chi connectivity index (χ2v) is 4.06. The number of piperidine rings is 1. The molecule has 1 fully saturated rings. The SMILES string of the molecule is C=CC(=O)NC1CCN(c2cccnn2)CC1. The molecule has 0 aliphatic carbocycles. The Balaban J connectivity index is 1.86. The summed E-state index contributed by atoms with van der Waals surface area (Å²) in [7, 11) is 0. The highest BCUT2D eigenvalue weighted by Gasteiger charge is 2.20. The summed E-state index contributed by atoms with van der Waals surface area (Å²) in [6.07, 6.45) is 4.84. The van der Waals surface area contributed by atoms with E-state index in [0.29, 0.717) is 0 Å². The van der Waals surface area contributed by atoms with Gasteiger partial charge in [-0.25, -0.2) is 0 Å². The number of amides is 1. The molecule has 0 radical (unpaired) electrons. The molecule has 5 nitrogen and oxygen atoms in total. The predicted molar refractivity (Wildman–Crippen MR) is 65.6 cm³/mol. The number of anilines is 1. The molecule has 2 heterocycles. The van der Waals surface area contributed by atoms with Crippen molar-refractivity contribution in [2.24, 2.45) is 0 Å². The highest BCUT2D eigenvalue weighted by atomic mass is 16.1. The van der Waals surface area contributed by atoms with Gasteiger partial charge in [-0.15, -0.1) is 5.10 Å². The Morgan fingerprint density at radius 2 is 2.29 bits per heavy atom. The summed E-state index contributed by atoms with van der Waals surface area (Å²) in [5.41, 5.74) is 0. The standard InChI is InChI=1S/C12H16N4O/c1-2-12(17)14-10-5-8-16(9-6-10)11-4-3-7-13-15-11/h2-4,7,10H,1,5-6,8-9H2,(H,14,17). The van der Waals surface area contributed by atoms with Crippen LogP contribution in [0.4, 0.5) is 5.82 Å². The molecular weight excluding hydrogens is 216 g/mol. The first-order valence-electron chi connectivity index (χ1n) is 5.75. The van der Waals surface area contributed by atoms with Gasteiger partial charge in [0.05, 0.1) is 0 Å². The quantitative estimate of drug-likeness (QED) is 0.781. The molecule has 0 saturated carbocycles. The van der Waals surface area contributed by atoms with Crippen molar-refractivity contribution < 1.29 is 4.79 Å². The van der Waals surface area contributed by atoms with Crippen molar-refractivity contribution in [3.05, 3.63) is 31.0 Å². The van der Waals surface area contributed by atoms with Gasteiger partial charge in [0.25, 0.3) is 0 Å². The number of carbonyl (C=O) groups is 1. The minimum atomic E-state index is -0.0945. The van der Waals surface area contributed by atoms with Gasteiger partial charge in [-0.05, 0) is 31.1 Å². The molecule has 0 atom stereocenters. The lowest BCUT2D eigenvalue weighted by molar-refractivity contribution is -0.117. The zero-order valence-electron chi connectivity index (χ0n) is 9.67. The van der Waals surface area contributed by atoms with E-state index in [0.717, 1.165) is 31.7 Å². The van der Waals surface area contributed by atoms with Gasteiger partial charge in [-0.3, -0.25) is 4.79 Å². The van der Waals surface area contributed by atoms with Crippen LogP contribution in [0.1, 0.15) is 12.8 Å². The van der Waals surface area contributed by atoms with E-state index in [1.54, 1.807) is 6.20 Å². The molecule has 1 aromatic rings. The van der Waals surface area contributed by atoms with Crippen LogP contribution in [0, 0.1) is 0 Å². The topological polar surface area (TPSA) is 58.1 Å². The molecule has 1 amide bonds. The Bertz CT molecular complexity index is 385. The van der Waals surface area contributed by atoms with Crippen molar-refractivity contribution in [1.29, 1.82) is 0 Å². The molecule has 0 unspecified atom stereocenters. The highest BCUT2D eigenvalue weighted by molar-refractivity contribution is 5.87. The number of rotatable bonds is 3. The first-order valence-corrected chi connectivity index (χ1v) is 5.75. The van der Waals surface area contributed by atoms with E-state index >= 15 is 0 Å². The molecule has 1 N–H and O–H groups in total. The van der Waals surface area contributed by atoms with Crippen LogP contribution < -0.4 is 10.2 Å². The van der Waals surface area contributed by atoms with Gasteiger partial charge < -0.3 is 10.2 Å². The van der Waals surface area contributed by atoms with Crippen molar-refractivity contribution in [3.8, 4) is 0 Å². The summed E-state index contributed by atoms with van der Waals surface area (Å²) in [5, 5.41) is 10.9. The molecule has 1 aliphatic rings. The Labute approximate surface area is 101 Å². The van der Waals surface area contributed by atoms with Crippen molar-refractivity contribution in [2.75, 3.05) is 18.0 Å². The van der Waals surface area contributed by atoms with Crippen molar-refractivity contribution in [1.82, 2.24) is 15.5 Å². The smallest absolute Gasteiger partial charge is 0.243 e. The fraction of sp³-hybridized carbons (Fsp3) is 0.417. The lowest BCUT2D eigenvalue weighted by Gasteiger charge is -2.32. The Kier molecular flexibility index (Phi) is 3.69. The Hall–Kier alpha value is -1.91. The maximum atomic E-state index is 11.2. The molecule has 2 rings (SSSR count). The molecule has 5 heteroatoms. The van der Waals surface area contributed by atoms with Crippen LogP contribution in [-0.4, -0.2) is 35.2 Å². The van der Waals surface area contributed by atoms with Gasteiger partial charge in [-0.2, -0.15) is 5.10 Å². The lowest BCUT2D eigenvalue weighted by Crippen LogP contribution is -2.44. The minimum absolute atomic E-state index is 0.0945. The molecule has 17 heavy (non-hydrogen) atoms. The third-order valence-corrected chi connectivity index (χ3v) is 2.91. The maximum absolute atomic E-state index is 11.2. The van der Waals surface area contributed by atoms with E-state index in [1.165, 1.54) is 6.08 Å². The predicted octanol–water partition coefficient (Wildman–Crippen LogP) is 0.748. The van der Waals surface area contributed by atoms with Crippen LogP contribution in [0.3, 0.4) is 0 Å². The minimum Gasteiger partial charge on any atom is -0.355 e. The number of hydrogen-bond donors (Lipinski definition) is 1. The third-order valence-electron chi connectivity index (χ3n) is 2.91. The van der Waals surface area contributed by atoms with Crippen molar-refractivity contribution >= 4 is 11.7 Å². The molecule has 1 saturated heterocycles. The van der Waals surface area contributed by atoms with Gasteiger partial charge in [0.15, 0.2) is 5.82 Å². The van der Waals surface area contributed by atoms with Crippen LogP contribution in [-0.2, 0) is 4.79 Å². The van der Waals surface area contributed by atoms with Gasteiger partial charge >= 0.3 is 0 Å². The van der Waals surface area contributed by atoms with E-state index in [2.05, 4.69) is 27.0 Å². The van der Waals surface area contributed by atoms with E-state index in [4.69, 9.17) is 0 Å². The highest BCUT2D eigenvalue weighted by Crippen LogP contribution is 2.16. The molecule has 0 bridgehead atoms. The lowest BCUT2D eigenvalue weighted by atomic mass is 10.1. The Morgan fingerprint density at radius 1 is 1.53 bits per heavy atom. The molecule has 1 aromatic heterocycles. The molecular formula is C12H16N4O. The normalized spacial score (nSPS) is 16.6. The third kappa shape index (κ3) is 3.03. The van der Waals surface area contributed by atoms with Crippen LogP contribution in [0.15, 0.2) is 31.0 Å². The van der Waals surface area contributed by atoms with Gasteiger partial charge in [0.1, 0.15) is 0 Å². The van der Waals surface area contributed by atoms with Gasteiger partial charge in [0.2, 0.25) is 5.91 Å². The van der Waals surface area contributed by atoms with Crippen molar-refractivity contribution in [3.63, 3.8) is 0 Å². The number of nitrogens with zero attached hydrogens (tertiary/aromatic N) is 3. The average molecular weight is 232 g/mol. The monoisotopic (exact) mass is 232 g/mol.